The maximum Gasteiger partial charge on any atom is 0.255 e. The van der Waals surface area contributed by atoms with E-state index in [-0.39, 0.29) is 11.9 Å². The van der Waals surface area contributed by atoms with Crippen LogP contribution >= 0.6 is 31.9 Å². The van der Waals surface area contributed by atoms with Gasteiger partial charge in [-0.15, -0.1) is 0 Å². The zero-order chi connectivity index (χ0) is 12.4. The van der Waals surface area contributed by atoms with Gasteiger partial charge in [-0.1, -0.05) is 15.9 Å². The lowest BCUT2D eigenvalue weighted by atomic mass is 10.1. The highest BCUT2D eigenvalue weighted by Crippen LogP contribution is 2.24. The fourth-order valence-electron chi connectivity index (χ4n) is 2.03. The number of carbonyl (C=O) groups excluding carboxylic acids is 1. The first-order valence-corrected chi connectivity index (χ1v) is 7.16. The molecule has 0 aliphatic carbocycles. The van der Waals surface area contributed by atoms with Gasteiger partial charge in [0.05, 0.1) is 5.56 Å². The molecule has 0 saturated carbocycles. The van der Waals surface area contributed by atoms with E-state index in [1.807, 2.05) is 23.1 Å². The van der Waals surface area contributed by atoms with Crippen LogP contribution in [0.4, 0.5) is 0 Å². The minimum atomic E-state index is 0.0494. The molecule has 5 heteroatoms. The molecule has 1 aliphatic heterocycles. The van der Waals surface area contributed by atoms with Gasteiger partial charge in [0.2, 0.25) is 0 Å². The van der Waals surface area contributed by atoms with E-state index in [1.54, 1.807) is 0 Å². The summed E-state index contributed by atoms with van der Waals surface area (Å²) in [6.45, 7) is 1.45. The van der Waals surface area contributed by atoms with Gasteiger partial charge in [0.25, 0.3) is 5.91 Å². The van der Waals surface area contributed by atoms with E-state index in [9.17, 15) is 4.79 Å². The van der Waals surface area contributed by atoms with E-state index in [2.05, 4.69) is 31.9 Å². The third-order valence-corrected chi connectivity index (χ3v) is 4.09. The summed E-state index contributed by atoms with van der Waals surface area (Å²) in [7, 11) is 0. The van der Waals surface area contributed by atoms with Gasteiger partial charge >= 0.3 is 0 Å². The lowest BCUT2D eigenvalue weighted by Crippen LogP contribution is -2.45. The normalized spacial score (nSPS) is 20.4. The fraction of sp³-hybridized carbons (Fsp3) is 0.417. The van der Waals surface area contributed by atoms with Crippen LogP contribution in [0.2, 0.25) is 0 Å². The van der Waals surface area contributed by atoms with Crippen LogP contribution in [0.25, 0.3) is 0 Å². The Bertz CT molecular complexity index is 437. The number of hydrogen-bond donors (Lipinski definition) is 1. The second-order valence-corrected chi connectivity index (χ2v) is 6.05. The van der Waals surface area contributed by atoms with Crippen molar-refractivity contribution in [1.82, 2.24) is 4.90 Å². The SMILES string of the molecule is NC1CCCN(C(=O)c2cc(Br)ccc2Br)C1. The number of carbonyl (C=O) groups is 1. The van der Waals surface area contributed by atoms with Crippen molar-refractivity contribution in [1.29, 1.82) is 0 Å². The van der Waals surface area contributed by atoms with E-state index in [0.29, 0.717) is 12.1 Å². The Hall–Kier alpha value is -0.390. The lowest BCUT2D eigenvalue weighted by Gasteiger charge is -2.31. The minimum absolute atomic E-state index is 0.0494. The Morgan fingerprint density at radius 2 is 2.18 bits per heavy atom. The molecule has 1 heterocycles. The summed E-state index contributed by atoms with van der Waals surface area (Å²) in [5.41, 5.74) is 6.58. The van der Waals surface area contributed by atoms with Crippen LogP contribution < -0.4 is 5.73 Å². The summed E-state index contributed by atoms with van der Waals surface area (Å²) in [4.78, 5) is 14.2. The van der Waals surface area contributed by atoms with E-state index in [4.69, 9.17) is 5.73 Å². The van der Waals surface area contributed by atoms with E-state index < -0.39 is 0 Å². The Morgan fingerprint density at radius 1 is 1.41 bits per heavy atom. The number of hydrogen-bond acceptors (Lipinski definition) is 2. The van der Waals surface area contributed by atoms with Crippen molar-refractivity contribution in [3.05, 3.63) is 32.7 Å². The number of rotatable bonds is 1. The van der Waals surface area contributed by atoms with Crippen LogP contribution in [0.15, 0.2) is 27.1 Å². The predicted octanol–water partition coefficient (Wildman–Crippen LogP) is 2.77. The third-order valence-electron chi connectivity index (χ3n) is 2.90. The topological polar surface area (TPSA) is 46.3 Å². The molecule has 1 saturated heterocycles. The van der Waals surface area contributed by atoms with Crippen molar-refractivity contribution in [3.8, 4) is 0 Å². The van der Waals surface area contributed by atoms with Gasteiger partial charge < -0.3 is 10.6 Å². The third kappa shape index (κ3) is 3.09. The summed E-state index contributed by atoms with van der Waals surface area (Å²) in [5.74, 6) is 0.0494. The summed E-state index contributed by atoms with van der Waals surface area (Å²) in [5, 5.41) is 0. The quantitative estimate of drug-likeness (QED) is 0.835. The van der Waals surface area contributed by atoms with E-state index in [1.165, 1.54) is 0 Å². The first-order chi connectivity index (χ1) is 8.08. The molecule has 0 bridgehead atoms. The number of halogens is 2. The maximum absolute atomic E-state index is 12.3. The molecule has 2 rings (SSSR count). The summed E-state index contributed by atoms with van der Waals surface area (Å²) in [6.07, 6.45) is 1.99. The van der Waals surface area contributed by atoms with Gasteiger partial charge in [-0.25, -0.2) is 0 Å². The standard InChI is InChI=1S/C12H14Br2N2O/c13-8-3-4-11(14)10(6-8)12(17)16-5-1-2-9(15)7-16/h3-4,6,9H,1-2,5,7,15H2. The van der Waals surface area contributed by atoms with Crippen LogP contribution in [-0.2, 0) is 0 Å². The summed E-state index contributed by atoms with van der Waals surface area (Å²) in [6, 6.07) is 5.73. The molecule has 0 radical (unpaired) electrons. The van der Waals surface area contributed by atoms with Crippen LogP contribution in [0.5, 0.6) is 0 Å². The zero-order valence-corrected chi connectivity index (χ0v) is 12.5. The Balaban J connectivity index is 2.21. The molecular formula is C12H14Br2N2O. The number of likely N-dealkylation sites (tertiary alicyclic amines) is 1. The molecule has 1 aliphatic rings. The number of benzene rings is 1. The first kappa shape index (κ1) is 13.1. The first-order valence-electron chi connectivity index (χ1n) is 5.58. The van der Waals surface area contributed by atoms with Gasteiger partial charge in [-0.2, -0.15) is 0 Å². The molecule has 1 atom stereocenters. The Kier molecular flexibility index (Phi) is 4.22. The average molecular weight is 362 g/mol. The van der Waals surface area contributed by atoms with Crippen LogP contribution in [0.3, 0.4) is 0 Å². The molecule has 3 nitrogen and oxygen atoms in total. The molecule has 0 aromatic heterocycles. The van der Waals surface area contributed by atoms with Crippen molar-refractivity contribution < 1.29 is 4.79 Å². The minimum Gasteiger partial charge on any atom is -0.337 e. The van der Waals surface area contributed by atoms with Crippen LogP contribution in [0.1, 0.15) is 23.2 Å². The monoisotopic (exact) mass is 360 g/mol. The van der Waals surface area contributed by atoms with Crippen molar-refractivity contribution in [2.45, 2.75) is 18.9 Å². The smallest absolute Gasteiger partial charge is 0.255 e. The van der Waals surface area contributed by atoms with Gasteiger partial charge in [0.1, 0.15) is 0 Å². The molecule has 1 aromatic rings. The van der Waals surface area contributed by atoms with Crippen LogP contribution in [0, 0.1) is 0 Å². The molecule has 0 spiro atoms. The highest BCUT2D eigenvalue weighted by atomic mass is 79.9. The Labute approximate surface area is 118 Å². The highest BCUT2D eigenvalue weighted by molar-refractivity contribution is 9.11. The lowest BCUT2D eigenvalue weighted by molar-refractivity contribution is 0.0708. The largest absolute Gasteiger partial charge is 0.337 e. The molecule has 1 aromatic carbocycles. The van der Waals surface area contributed by atoms with Gasteiger partial charge in [0.15, 0.2) is 0 Å². The zero-order valence-electron chi connectivity index (χ0n) is 9.33. The molecular weight excluding hydrogens is 348 g/mol. The summed E-state index contributed by atoms with van der Waals surface area (Å²) < 4.78 is 1.73. The number of nitrogens with zero attached hydrogens (tertiary/aromatic N) is 1. The Morgan fingerprint density at radius 3 is 2.88 bits per heavy atom. The van der Waals surface area contributed by atoms with Gasteiger partial charge in [-0.05, 0) is 47.0 Å². The fourth-order valence-corrected chi connectivity index (χ4v) is 2.80. The predicted molar refractivity (Wildman–Crippen MR) is 75.0 cm³/mol. The van der Waals surface area contributed by atoms with Crippen molar-refractivity contribution in [2.75, 3.05) is 13.1 Å². The number of amides is 1. The van der Waals surface area contributed by atoms with Gasteiger partial charge in [0, 0.05) is 28.1 Å². The van der Waals surface area contributed by atoms with Crippen molar-refractivity contribution in [3.63, 3.8) is 0 Å². The average Bonchev–Trinajstić information content (AvgIpc) is 2.31. The molecule has 92 valence electrons. The molecule has 1 amide bonds. The second kappa shape index (κ2) is 5.50. The maximum atomic E-state index is 12.3. The number of nitrogens with two attached hydrogens (primary N) is 1. The van der Waals surface area contributed by atoms with Crippen molar-refractivity contribution in [2.24, 2.45) is 5.73 Å². The van der Waals surface area contributed by atoms with Crippen LogP contribution in [-0.4, -0.2) is 29.9 Å². The van der Waals surface area contributed by atoms with Crippen molar-refractivity contribution >= 4 is 37.8 Å². The molecule has 1 fully saturated rings. The number of piperidine rings is 1. The second-order valence-electron chi connectivity index (χ2n) is 4.28. The molecule has 2 N–H and O–H groups in total. The summed E-state index contributed by atoms with van der Waals surface area (Å²) >= 11 is 6.80. The highest BCUT2D eigenvalue weighted by Gasteiger charge is 2.23. The van der Waals surface area contributed by atoms with E-state index >= 15 is 0 Å². The van der Waals surface area contributed by atoms with Gasteiger partial charge in [-0.3, -0.25) is 4.79 Å². The molecule has 1 unspecified atom stereocenters. The molecule has 17 heavy (non-hydrogen) atoms. The van der Waals surface area contributed by atoms with E-state index in [0.717, 1.165) is 28.3 Å².